The van der Waals surface area contributed by atoms with E-state index in [1.807, 2.05) is 6.07 Å². The largest absolute Gasteiger partial charge is 0.381 e. The SMILES string of the molecule is COC1CCN(CC(=O)Nc2ccc(Br)cn2)C(CN)C1. The van der Waals surface area contributed by atoms with Gasteiger partial charge < -0.3 is 15.8 Å². The third-order valence-electron chi connectivity index (χ3n) is 3.74. The number of ether oxygens (including phenoxy) is 1. The van der Waals surface area contributed by atoms with Gasteiger partial charge in [0.05, 0.1) is 12.6 Å². The van der Waals surface area contributed by atoms with E-state index in [2.05, 4.69) is 31.1 Å². The highest BCUT2D eigenvalue weighted by Crippen LogP contribution is 2.19. The number of piperidine rings is 1. The first-order valence-corrected chi connectivity index (χ1v) is 7.80. The second-order valence-corrected chi connectivity index (χ2v) is 6.07. The maximum atomic E-state index is 12.1. The number of pyridine rings is 1. The van der Waals surface area contributed by atoms with Crippen LogP contribution in [0.2, 0.25) is 0 Å². The first kappa shape index (κ1) is 16.4. The van der Waals surface area contributed by atoms with Crippen molar-refractivity contribution in [3.05, 3.63) is 22.8 Å². The molecule has 1 fully saturated rings. The quantitative estimate of drug-likeness (QED) is 0.828. The topological polar surface area (TPSA) is 80.5 Å². The van der Waals surface area contributed by atoms with E-state index in [9.17, 15) is 4.79 Å². The minimum Gasteiger partial charge on any atom is -0.381 e. The van der Waals surface area contributed by atoms with Crippen LogP contribution in [-0.4, -0.2) is 54.7 Å². The van der Waals surface area contributed by atoms with Crippen LogP contribution < -0.4 is 11.1 Å². The Kier molecular flexibility index (Phi) is 6.10. The van der Waals surface area contributed by atoms with Crippen molar-refractivity contribution in [1.82, 2.24) is 9.88 Å². The molecule has 0 radical (unpaired) electrons. The first-order chi connectivity index (χ1) is 10.1. The number of amides is 1. The summed E-state index contributed by atoms with van der Waals surface area (Å²) in [6, 6.07) is 3.79. The van der Waals surface area contributed by atoms with Crippen LogP contribution in [0.3, 0.4) is 0 Å². The number of nitrogens with one attached hydrogen (secondary N) is 1. The highest BCUT2D eigenvalue weighted by molar-refractivity contribution is 9.10. The predicted octanol–water partition coefficient (Wildman–Crippen LogP) is 1.22. The van der Waals surface area contributed by atoms with Crippen molar-refractivity contribution < 1.29 is 9.53 Å². The number of carbonyl (C=O) groups is 1. The molecule has 1 aromatic rings. The van der Waals surface area contributed by atoms with Gasteiger partial charge in [0.1, 0.15) is 5.82 Å². The van der Waals surface area contributed by atoms with Crippen molar-refractivity contribution in [2.45, 2.75) is 25.0 Å². The number of anilines is 1. The Balaban J connectivity index is 1.88. The van der Waals surface area contributed by atoms with E-state index in [1.165, 1.54) is 0 Å². The molecule has 1 saturated heterocycles. The minimum absolute atomic E-state index is 0.0702. The maximum absolute atomic E-state index is 12.1. The fraction of sp³-hybridized carbons (Fsp3) is 0.571. The van der Waals surface area contributed by atoms with Gasteiger partial charge in [-0.1, -0.05) is 0 Å². The van der Waals surface area contributed by atoms with E-state index in [1.54, 1.807) is 19.4 Å². The number of aromatic nitrogens is 1. The Bertz CT molecular complexity index is 469. The van der Waals surface area contributed by atoms with Crippen LogP contribution in [-0.2, 0) is 9.53 Å². The molecule has 0 saturated carbocycles. The van der Waals surface area contributed by atoms with Gasteiger partial charge in [0.25, 0.3) is 0 Å². The van der Waals surface area contributed by atoms with Gasteiger partial charge in [0, 0.05) is 36.9 Å². The molecule has 1 aliphatic rings. The number of rotatable bonds is 5. The lowest BCUT2D eigenvalue weighted by Crippen LogP contribution is -2.51. The standard InChI is InChI=1S/C14H21BrN4O2/c1-21-12-4-5-19(11(6-12)7-16)9-14(20)18-13-3-2-10(15)8-17-13/h2-3,8,11-12H,4-7,9,16H2,1H3,(H,17,18,20). The van der Waals surface area contributed by atoms with E-state index >= 15 is 0 Å². The average Bonchev–Trinajstić information content (AvgIpc) is 2.50. The number of nitrogens with two attached hydrogens (primary N) is 1. The van der Waals surface area contributed by atoms with Crippen LogP contribution in [0, 0.1) is 0 Å². The molecule has 6 nitrogen and oxygen atoms in total. The molecule has 21 heavy (non-hydrogen) atoms. The number of hydrogen-bond acceptors (Lipinski definition) is 5. The Morgan fingerprint density at radius 1 is 1.62 bits per heavy atom. The Labute approximate surface area is 133 Å². The zero-order valence-electron chi connectivity index (χ0n) is 12.1. The molecule has 2 rings (SSSR count). The summed E-state index contributed by atoms with van der Waals surface area (Å²) < 4.78 is 6.27. The van der Waals surface area contributed by atoms with Crippen LogP contribution in [0.1, 0.15) is 12.8 Å². The monoisotopic (exact) mass is 356 g/mol. The second-order valence-electron chi connectivity index (χ2n) is 5.15. The van der Waals surface area contributed by atoms with Crippen molar-refractivity contribution in [2.24, 2.45) is 5.73 Å². The summed E-state index contributed by atoms with van der Waals surface area (Å²) in [5.41, 5.74) is 5.81. The van der Waals surface area contributed by atoms with Gasteiger partial charge in [-0.05, 0) is 40.9 Å². The maximum Gasteiger partial charge on any atom is 0.239 e. The molecule has 116 valence electrons. The Morgan fingerprint density at radius 3 is 3.05 bits per heavy atom. The summed E-state index contributed by atoms with van der Waals surface area (Å²) in [5, 5.41) is 2.80. The lowest BCUT2D eigenvalue weighted by Gasteiger charge is -2.37. The molecule has 0 aromatic carbocycles. The van der Waals surface area contributed by atoms with Gasteiger partial charge in [-0.15, -0.1) is 0 Å². The number of halogens is 1. The van der Waals surface area contributed by atoms with Gasteiger partial charge >= 0.3 is 0 Å². The fourth-order valence-corrected chi connectivity index (χ4v) is 2.78. The summed E-state index contributed by atoms with van der Waals surface area (Å²) in [6.45, 7) is 1.68. The zero-order valence-corrected chi connectivity index (χ0v) is 13.7. The molecule has 0 aliphatic carbocycles. The predicted molar refractivity (Wildman–Crippen MR) is 85.0 cm³/mol. The van der Waals surface area contributed by atoms with Crippen molar-refractivity contribution in [3.8, 4) is 0 Å². The normalized spacial score (nSPS) is 23.0. The van der Waals surface area contributed by atoms with Crippen LogP contribution in [0.4, 0.5) is 5.82 Å². The number of likely N-dealkylation sites (tertiary alicyclic amines) is 1. The lowest BCUT2D eigenvalue weighted by atomic mass is 9.99. The van der Waals surface area contributed by atoms with E-state index in [4.69, 9.17) is 10.5 Å². The molecule has 1 aliphatic heterocycles. The van der Waals surface area contributed by atoms with Crippen molar-refractivity contribution in [2.75, 3.05) is 32.1 Å². The summed E-state index contributed by atoms with van der Waals surface area (Å²) >= 11 is 3.31. The van der Waals surface area contributed by atoms with Crippen LogP contribution in [0.5, 0.6) is 0 Å². The highest BCUT2D eigenvalue weighted by Gasteiger charge is 2.28. The average molecular weight is 357 g/mol. The molecular weight excluding hydrogens is 336 g/mol. The molecule has 2 heterocycles. The lowest BCUT2D eigenvalue weighted by molar-refractivity contribution is -0.118. The van der Waals surface area contributed by atoms with Gasteiger partial charge in [-0.25, -0.2) is 4.98 Å². The molecule has 1 aromatic heterocycles. The van der Waals surface area contributed by atoms with Crippen molar-refractivity contribution >= 4 is 27.7 Å². The summed E-state index contributed by atoms with van der Waals surface area (Å²) in [6.07, 6.45) is 3.70. The number of nitrogens with zero attached hydrogens (tertiary/aromatic N) is 2. The molecule has 0 spiro atoms. The van der Waals surface area contributed by atoms with E-state index in [0.717, 1.165) is 23.9 Å². The molecule has 7 heteroatoms. The second kappa shape index (κ2) is 7.84. The van der Waals surface area contributed by atoms with Crippen molar-refractivity contribution in [3.63, 3.8) is 0 Å². The van der Waals surface area contributed by atoms with E-state index in [-0.39, 0.29) is 18.1 Å². The summed E-state index contributed by atoms with van der Waals surface area (Å²) in [7, 11) is 1.72. The van der Waals surface area contributed by atoms with E-state index in [0.29, 0.717) is 18.9 Å². The fourth-order valence-electron chi connectivity index (χ4n) is 2.55. The number of carbonyl (C=O) groups excluding carboxylic acids is 1. The van der Waals surface area contributed by atoms with Gasteiger partial charge in [-0.3, -0.25) is 9.69 Å². The Hall–Kier alpha value is -1.02. The molecular formula is C14H21BrN4O2. The van der Waals surface area contributed by atoms with Gasteiger partial charge in [0.2, 0.25) is 5.91 Å². The summed E-state index contributed by atoms with van der Waals surface area (Å²) in [4.78, 5) is 18.4. The molecule has 3 N–H and O–H groups in total. The van der Waals surface area contributed by atoms with Crippen LogP contribution >= 0.6 is 15.9 Å². The smallest absolute Gasteiger partial charge is 0.239 e. The van der Waals surface area contributed by atoms with Gasteiger partial charge in [0.15, 0.2) is 0 Å². The molecule has 2 unspecified atom stereocenters. The number of methoxy groups -OCH3 is 1. The van der Waals surface area contributed by atoms with Crippen LogP contribution in [0.15, 0.2) is 22.8 Å². The zero-order chi connectivity index (χ0) is 15.2. The number of hydrogen-bond donors (Lipinski definition) is 2. The third kappa shape index (κ3) is 4.74. The van der Waals surface area contributed by atoms with Crippen molar-refractivity contribution in [1.29, 1.82) is 0 Å². The molecule has 2 atom stereocenters. The highest BCUT2D eigenvalue weighted by atomic mass is 79.9. The Morgan fingerprint density at radius 2 is 2.43 bits per heavy atom. The van der Waals surface area contributed by atoms with E-state index < -0.39 is 0 Å². The third-order valence-corrected chi connectivity index (χ3v) is 4.21. The van der Waals surface area contributed by atoms with Gasteiger partial charge in [-0.2, -0.15) is 0 Å². The van der Waals surface area contributed by atoms with Crippen LogP contribution in [0.25, 0.3) is 0 Å². The molecule has 1 amide bonds. The first-order valence-electron chi connectivity index (χ1n) is 7.00. The molecule has 0 bridgehead atoms. The minimum atomic E-state index is -0.0702. The summed E-state index contributed by atoms with van der Waals surface area (Å²) in [5.74, 6) is 0.485.